The Morgan fingerprint density at radius 1 is 1.04 bits per heavy atom. The molecular formula is C18H25N5. The van der Waals surface area contributed by atoms with Gasteiger partial charge in [0.25, 0.3) is 0 Å². The lowest BCUT2D eigenvalue weighted by Gasteiger charge is -2.31. The van der Waals surface area contributed by atoms with E-state index in [2.05, 4.69) is 24.8 Å². The quantitative estimate of drug-likeness (QED) is 0.943. The van der Waals surface area contributed by atoms with E-state index >= 15 is 0 Å². The summed E-state index contributed by atoms with van der Waals surface area (Å²) in [4.78, 5) is 19.1. The van der Waals surface area contributed by atoms with Gasteiger partial charge >= 0.3 is 0 Å². The van der Waals surface area contributed by atoms with Crippen LogP contribution >= 0.6 is 0 Å². The second-order valence-electron chi connectivity index (χ2n) is 6.98. The van der Waals surface area contributed by atoms with E-state index in [4.69, 9.17) is 0 Å². The van der Waals surface area contributed by atoms with Gasteiger partial charge in [0.2, 0.25) is 0 Å². The minimum atomic E-state index is 0.737. The summed E-state index contributed by atoms with van der Waals surface area (Å²) in [7, 11) is 0. The van der Waals surface area contributed by atoms with E-state index in [-0.39, 0.29) is 0 Å². The molecule has 5 heteroatoms. The van der Waals surface area contributed by atoms with Crippen LogP contribution in [0.15, 0.2) is 24.8 Å². The predicted octanol–water partition coefficient (Wildman–Crippen LogP) is 3.06. The SMILES string of the molecule is c1c[nH]c(-c2cnc(CC3CCN(C4CCCCC4)C3)cn2)n1. The molecule has 3 heterocycles. The second-order valence-corrected chi connectivity index (χ2v) is 6.98. The number of nitrogens with one attached hydrogen (secondary N) is 1. The van der Waals surface area contributed by atoms with Gasteiger partial charge in [-0.3, -0.25) is 4.98 Å². The number of hydrogen-bond acceptors (Lipinski definition) is 4. The molecule has 1 N–H and O–H groups in total. The molecule has 1 saturated heterocycles. The number of likely N-dealkylation sites (tertiary alicyclic amines) is 1. The zero-order chi connectivity index (χ0) is 15.5. The van der Waals surface area contributed by atoms with Crippen LogP contribution in [0.1, 0.15) is 44.2 Å². The third-order valence-corrected chi connectivity index (χ3v) is 5.35. The van der Waals surface area contributed by atoms with Crippen molar-refractivity contribution in [2.75, 3.05) is 13.1 Å². The summed E-state index contributed by atoms with van der Waals surface area (Å²) in [6, 6.07) is 0.848. The van der Waals surface area contributed by atoms with E-state index in [9.17, 15) is 0 Å². The molecule has 2 aliphatic rings. The first-order chi connectivity index (χ1) is 11.4. The van der Waals surface area contributed by atoms with Crippen molar-refractivity contribution in [1.29, 1.82) is 0 Å². The smallest absolute Gasteiger partial charge is 0.157 e. The van der Waals surface area contributed by atoms with Crippen LogP contribution in [0.5, 0.6) is 0 Å². The average molecular weight is 311 g/mol. The molecule has 5 nitrogen and oxygen atoms in total. The Morgan fingerprint density at radius 3 is 2.70 bits per heavy atom. The predicted molar refractivity (Wildman–Crippen MR) is 89.9 cm³/mol. The van der Waals surface area contributed by atoms with Crippen molar-refractivity contribution in [3.05, 3.63) is 30.5 Å². The summed E-state index contributed by atoms with van der Waals surface area (Å²) in [5, 5.41) is 0. The summed E-state index contributed by atoms with van der Waals surface area (Å²) < 4.78 is 0. The highest BCUT2D eigenvalue weighted by atomic mass is 15.2. The molecule has 23 heavy (non-hydrogen) atoms. The standard InChI is InChI=1S/C18H25N5/c1-2-4-16(5-3-1)23-9-6-14(13-23)10-15-11-22-17(12-21-15)18-19-7-8-20-18/h7-8,11-12,14,16H,1-6,9-10,13H2,(H,19,20). The van der Waals surface area contributed by atoms with Crippen molar-refractivity contribution >= 4 is 0 Å². The van der Waals surface area contributed by atoms with E-state index < -0.39 is 0 Å². The van der Waals surface area contributed by atoms with Crippen LogP contribution in [0, 0.1) is 5.92 Å². The van der Waals surface area contributed by atoms with Gasteiger partial charge in [0.05, 0.1) is 11.9 Å². The number of H-pyrrole nitrogens is 1. The van der Waals surface area contributed by atoms with Crippen molar-refractivity contribution in [1.82, 2.24) is 24.8 Å². The summed E-state index contributed by atoms with van der Waals surface area (Å²) in [5.41, 5.74) is 1.92. The monoisotopic (exact) mass is 311 g/mol. The lowest BCUT2D eigenvalue weighted by Crippen LogP contribution is -2.35. The molecule has 1 saturated carbocycles. The first-order valence-electron chi connectivity index (χ1n) is 8.93. The van der Waals surface area contributed by atoms with Crippen molar-refractivity contribution in [2.24, 2.45) is 5.92 Å². The maximum absolute atomic E-state index is 4.59. The molecular weight excluding hydrogens is 286 g/mol. The Bertz CT molecular complexity index is 601. The Labute approximate surface area is 137 Å². The minimum absolute atomic E-state index is 0.737. The summed E-state index contributed by atoms with van der Waals surface area (Å²) in [6.45, 7) is 2.51. The molecule has 4 rings (SSSR count). The zero-order valence-corrected chi connectivity index (χ0v) is 13.6. The normalized spacial score (nSPS) is 23.4. The second kappa shape index (κ2) is 6.79. The average Bonchev–Trinajstić information content (AvgIpc) is 3.28. The largest absolute Gasteiger partial charge is 0.343 e. The van der Waals surface area contributed by atoms with Crippen LogP contribution in [0.3, 0.4) is 0 Å². The molecule has 2 aromatic heterocycles. The van der Waals surface area contributed by atoms with E-state index in [0.717, 1.165) is 35.6 Å². The number of aromatic nitrogens is 4. The van der Waals surface area contributed by atoms with Crippen LogP contribution < -0.4 is 0 Å². The fourth-order valence-corrected chi connectivity index (χ4v) is 4.09. The lowest BCUT2D eigenvalue weighted by atomic mass is 9.94. The summed E-state index contributed by atoms with van der Waals surface area (Å²) in [6.07, 6.45) is 16.7. The molecule has 122 valence electrons. The van der Waals surface area contributed by atoms with Crippen LogP contribution in [-0.4, -0.2) is 44.0 Å². The molecule has 1 aliphatic heterocycles. The van der Waals surface area contributed by atoms with Gasteiger partial charge in [0, 0.05) is 31.2 Å². The molecule has 0 amide bonds. The maximum Gasteiger partial charge on any atom is 0.157 e. The van der Waals surface area contributed by atoms with Gasteiger partial charge < -0.3 is 9.88 Å². The highest BCUT2D eigenvalue weighted by molar-refractivity contribution is 5.46. The molecule has 0 bridgehead atoms. The molecule has 1 atom stereocenters. The molecule has 2 aromatic rings. The van der Waals surface area contributed by atoms with Crippen molar-refractivity contribution in [2.45, 2.75) is 51.0 Å². The van der Waals surface area contributed by atoms with Crippen LogP contribution in [-0.2, 0) is 6.42 Å². The maximum atomic E-state index is 4.59. The molecule has 2 fully saturated rings. The lowest BCUT2D eigenvalue weighted by molar-refractivity contribution is 0.185. The van der Waals surface area contributed by atoms with E-state index in [0.29, 0.717) is 0 Å². The number of nitrogens with zero attached hydrogens (tertiary/aromatic N) is 4. The Kier molecular flexibility index (Phi) is 4.37. The fourth-order valence-electron chi connectivity index (χ4n) is 4.09. The van der Waals surface area contributed by atoms with Gasteiger partial charge in [-0.05, 0) is 38.1 Å². The minimum Gasteiger partial charge on any atom is -0.343 e. The number of hydrogen-bond donors (Lipinski definition) is 1. The summed E-state index contributed by atoms with van der Waals surface area (Å²) in [5.74, 6) is 1.52. The number of aromatic amines is 1. The Balaban J connectivity index is 1.33. The first kappa shape index (κ1) is 14.8. The van der Waals surface area contributed by atoms with Gasteiger partial charge in [-0.1, -0.05) is 19.3 Å². The topological polar surface area (TPSA) is 57.7 Å². The van der Waals surface area contributed by atoms with Gasteiger partial charge in [-0.2, -0.15) is 0 Å². The third kappa shape index (κ3) is 3.44. The molecule has 0 aromatic carbocycles. The number of imidazole rings is 1. The highest BCUT2D eigenvalue weighted by Gasteiger charge is 2.29. The zero-order valence-electron chi connectivity index (χ0n) is 13.6. The number of rotatable bonds is 4. The highest BCUT2D eigenvalue weighted by Crippen LogP contribution is 2.28. The van der Waals surface area contributed by atoms with Gasteiger partial charge in [-0.15, -0.1) is 0 Å². The Hall–Kier alpha value is -1.75. The molecule has 1 unspecified atom stereocenters. The molecule has 0 spiro atoms. The Morgan fingerprint density at radius 2 is 1.96 bits per heavy atom. The van der Waals surface area contributed by atoms with E-state index in [1.54, 1.807) is 6.20 Å². The van der Waals surface area contributed by atoms with Crippen LogP contribution in [0.4, 0.5) is 0 Å². The summed E-state index contributed by atoms with van der Waals surface area (Å²) >= 11 is 0. The van der Waals surface area contributed by atoms with Gasteiger partial charge in [-0.25, -0.2) is 9.97 Å². The van der Waals surface area contributed by atoms with Crippen molar-refractivity contribution < 1.29 is 0 Å². The van der Waals surface area contributed by atoms with Crippen molar-refractivity contribution in [3.8, 4) is 11.5 Å². The van der Waals surface area contributed by atoms with Crippen LogP contribution in [0.25, 0.3) is 11.5 Å². The van der Waals surface area contributed by atoms with Crippen molar-refractivity contribution in [3.63, 3.8) is 0 Å². The van der Waals surface area contributed by atoms with Crippen LogP contribution in [0.2, 0.25) is 0 Å². The molecule has 0 radical (unpaired) electrons. The molecule has 1 aliphatic carbocycles. The fraction of sp³-hybridized carbons (Fsp3) is 0.611. The first-order valence-corrected chi connectivity index (χ1v) is 8.93. The van der Waals surface area contributed by atoms with Gasteiger partial charge in [0.1, 0.15) is 5.69 Å². The van der Waals surface area contributed by atoms with Gasteiger partial charge in [0.15, 0.2) is 5.82 Å². The third-order valence-electron chi connectivity index (χ3n) is 5.35. The van der Waals surface area contributed by atoms with E-state index in [1.165, 1.54) is 51.6 Å². The van der Waals surface area contributed by atoms with E-state index in [1.807, 2.05) is 18.6 Å².